The van der Waals surface area contributed by atoms with E-state index in [0.29, 0.717) is 0 Å². The molecule has 6 nitrogen and oxygen atoms in total. The highest BCUT2D eigenvalue weighted by Crippen LogP contribution is 2.19. The van der Waals surface area contributed by atoms with E-state index in [2.05, 4.69) is 20.8 Å². The molecule has 1 aromatic heterocycles. The SMILES string of the molecule is CNCC(=O)Nc1cccc(-c2nncn2C)c1. The maximum atomic E-state index is 11.5. The number of rotatable bonds is 4. The Kier molecular flexibility index (Phi) is 3.69. The van der Waals surface area contributed by atoms with Gasteiger partial charge in [0.05, 0.1) is 6.54 Å². The standard InChI is InChI=1S/C12H15N5O/c1-13-7-11(18)15-10-5-3-4-9(6-10)12-16-14-8-17(12)2/h3-6,8,13H,7H2,1-2H3,(H,15,18). The number of hydrogen-bond acceptors (Lipinski definition) is 4. The van der Waals surface area contributed by atoms with Crippen LogP contribution in [0.25, 0.3) is 11.4 Å². The van der Waals surface area contributed by atoms with E-state index in [-0.39, 0.29) is 12.5 Å². The fourth-order valence-electron chi connectivity index (χ4n) is 1.65. The summed E-state index contributed by atoms with van der Waals surface area (Å²) in [5.41, 5.74) is 1.66. The van der Waals surface area contributed by atoms with Crippen molar-refractivity contribution in [2.45, 2.75) is 0 Å². The van der Waals surface area contributed by atoms with Gasteiger partial charge >= 0.3 is 0 Å². The zero-order chi connectivity index (χ0) is 13.0. The molecule has 0 aliphatic heterocycles. The maximum Gasteiger partial charge on any atom is 0.238 e. The van der Waals surface area contributed by atoms with Crippen LogP contribution >= 0.6 is 0 Å². The summed E-state index contributed by atoms with van der Waals surface area (Å²) in [6.45, 7) is 0.286. The topological polar surface area (TPSA) is 71.8 Å². The number of carbonyl (C=O) groups excluding carboxylic acids is 1. The largest absolute Gasteiger partial charge is 0.325 e. The van der Waals surface area contributed by atoms with Crippen LogP contribution in [0.1, 0.15) is 0 Å². The van der Waals surface area contributed by atoms with Crippen LogP contribution in [-0.2, 0) is 11.8 Å². The van der Waals surface area contributed by atoms with Crippen LogP contribution < -0.4 is 10.6 Å². The van der Waals surface area contributed by atoms with Crippen LogP contribution in [-0.4, -0.2) is 34.3 Å². The van der Waals surface area contributed by atoms with Crippen molar-refractivity contribution < 1.29 is 4.79 Å². The smallest absolute Gasteiger partial charge is 0.238 e. The van der Waals surface area contributed by atoms with Crippen LogP contribution in [0.2, 0.25) is 0 Å². The molecule has 0 aliphatic carbocycles. The van der Waals surface area contributed by atoms with Crippen LogP contribution in [0.4, 0.5) is 5.69 Å². The number of hydrogen-bond donors (Lipinski definition) is 2. The molecule has 2 N–H and O–H groups in total. The van der Waals surface area contributed by atoms with Crippen molar-refractivity contribution in [1.29, 1.82) is 0 Å². The zero-order valence-electron chi connectivity index (χ0n) is 10.3. The van der Waals surface area contributed by atoms with Crippen molar-refractivity contribution in [3.05, 3.63) is 30.6 Å². The molecule has 94 valence electrons. The lowest BCUT2D eigenvalue weighted by Crippen LogP contribution is -2.25. The quantitative estimate of drug-likeness (QED) is 0.829. The number of aromatic nitrogens is 3. The van der Waals surface area contributed by atoms with Gasteiger partial charge in [0.25, 0.3) is 0 Å². The van der Waals surface area contributed by atoms with Crippen molar-refractivity contribution in [3.63, 3.8) is 0 Å². The van der Waals surface area contributed by atoms with Crippen LogP contribution in [0.3, 0.4) is 0 Å². The Balaban J connectivity index is 2.20. The lowest BCUT2D eigenvalue weighted by molar-refractivity contribution is -0.115. The molecular formula is C12H15N5O. The summed E-state index contributed by atoms with van der Waals surface area (Å²) >= 11 is 0. The summed E-state index contributed by atoms with van der Waals surface area (Å²) in [6, 6.07) is 7.52. The molecule has 0 radical (unpaired) electrons. The minimum Gasteiger partial charge on any atom is -0.325 e. The Hall–Kier alpha value is -2.21. The molecule has 0 fully saturated rings. The van der Waals surface area contributed by atoms with Crippen molar-refractivity contribution >= 4 is 11.6 Å². The van der Waals surface area contributed by atoms with E-state index in [9.17, 15) is 4.79 Å². The number of aryl methyl sites for hydroxylation is 1. The Morgan fingerprint density at radius 2 is 2.28 bits per heavy atom. The first-order valence-corrected chi connectivity index (χ1v) is 5.59. The first-order valence-electron chi connectivity index (χ1n) is 5.59. The maximum absolute atomic E-state index is 11.5. The molecule has 1 heterocycles. The van der Waals surface area contributed by atoms with Gasteiger partial charge in [0.2, 0.25) is 5.91 Å². The normalized spacial score (nSPS) is 10.3. The van der Waals surface area contributed by atoms with Crippen molar-refractivity contribution in [2.24, 2.45) is 7.05 Å². The fourth-order valence-corrected chi connectivity index (χ4v) is 1.65. The monoisotopic (exact) mass is 245 g/mol. The van der Waals surface area contributed by atoms with Gasteiger partial charge in [-0.2, -0.15) is 0 Å². The minimum atomic E-state index is -0.0763. The summed E-state index contributed by atoms with van der Waals surface area (Å²) < 4.78 is 1.83. The molecule has 0 aliphatic rings. The molecule has 6 heteroatoms. The highest BCUT2D eigenvalue weighted by atomic mass is 16.1. The van der Waals surface area contributed by atoms with E-state index in [1.165, 1.54) is 0 Å². The molecule has 1 amide bonds. The molecule has 1 aromatic carbocycles. The molecular weight excluding hydrogens is 230 g/mol. The molecule has 0 saturated carbocycles. The summed E-state index contributed by atoms with van der Waals surface area (Å²) in [4.78, 5) is 11.5. The highest BCUT2D eigenvalue weighted by Gasteiger charge is 2.06. The molecule has 2 aromatic rings. The average molecular weight is 245 g/mol. The average Bonchev–Trinajstić information content (AvgIpc) is 2.76. The molecule has 18 heavy (non-hydrogen) atoms. The number of benzene rings is 1. The van der Waals surface area contributed by atoms with Gasteiger partial charge in [0.1, 0.15) is 6.33 Å². The number of nitrogens with one attached hydrogen (secondary N) is 2. The Morgan fingerprint density at radius 3 is 2.94 bits per heavy atom. The number of carbonyl (C=O) groups is 1. The molecule has 0 spiro atoms. The van der Waals surface area contributed by atoms with Crippen LogP contribution in [0.5, 0.6) is 0 Å². The number of likely N-dealkylation sites (N-methyl/N-ethyl adjacent to an activating group) is 1. The minimum absolute atomic E-state index is 0.0763. The van der Waals surface area contributed by atoms with Gasteiger partial charge in [0.15, 0.2) is 5.82 Å². The number of nitrogens with zero attached hydrogens (tertiary/aromatic N) is 3. The zero-order valence-corrected chi connectivity index (χ0v) is 10.3. The van der Waals surface area contributed by atoms with Crippen LogP contribution in [0.15, 0.2) is 30.6 Å². The summed E-state index contributed by atoms with van der Waals surface area (Å²) in [7, 11) is 3.61. The van der Waals surface area contributed by atoms with Gasteiger partial charge in [-0.3, -0.25) is 4.79 Å². The lowest BCUT2D eigenvalue weighted by Gasteiger charge is -2.06. The Morgan fingerprint density at radius 1 is 1.44 bits per heavy atom. The van der Waals surface area contributed by atoms with Gasteiger partial charge in [-0.05, 0) is 19.2 Å². The predicted molar refractivity (Wildman–Crippen MR) is 69.0 cm³/mol. The first-order chi connectivity index (χ1) is 8.70. The molecule has 0 unspecified atom stereocenters. The number of anilines is 1. The molecule has 0 saturated heterocycles. The van der Waals surface area contributed by atoms with E-state index in [1.807, 2.05) is 35.9 Å². The first kappa shape index (κ1) is 12.3. The van der Waals surface area contributed by atoms with Crippen molar-refractivity contribution in [3.8, 4) is 11.4 Å². The molecule has 0 bridgehead atoms. The third-order valence-electron chi connectivity index (χ3n) is 2.45. The third-order valence-corrected chi connectivity index (χ3v) is 2.45. The summed E-state index contributed by atoms with van der Waals surface area (Å²) in [5.74, 6) is 0.687. The Labute approximate surface area is 105 Å². The summed E-state index contributed by atoms with van der Waals surface area (Å²) in [6.07, 6.45) is 1.64. The van der Waals surface area contributed by atoms with E-state index in [0.717, 1.165) is 17.1 Å². The van der Waals surface area contributed by atoms with E-state index >= 15 is 0 Å². The van der Waals surface area contributed by atoms with Crippen LogP contribution in [0, 0.1) is 0 Å². The van der Waals surface area contributed by atoms with Crippen molar-refractivity contribution in [2.75, 3.05) is 18.9 Å². The highest BCUT2D eigenvalue weighted by molar-refractivity contribution is 5.92. The fraction of sp³-hybridized carbons (Fsp3) is 0.250. The van der Waals surface area contributed by atoms with Crippen molar-refractivity contribution in [1.82, 2.24) is 20.1 Å². The van der Waals surface area contributed by atoms with Gasteiger partial charge in [-0.1, -0.05) is 12.1 Å². The van der Waals surface area contributed by atoms with Gasteiger partial charge in [0, 0.05) is 18.3 Å². The second-order valence-corrected chi connectivity index (χ2v) is 3.92. The lowest BCUT2D eigenvalue weighted by atomic mass is 10.2. The Bertz CT molecular complexity index is 549. The van der Waals surface area contributed by atoms with E-state index in [1.54, 1.807) is 13.4 Å². The second kappa shape index (κ2) is 5.42. The third kappa shape index (κ3) is 2.72. The molecule has 2 rings (SSSR count). The van der Waals surface area contributed by atoms with Gasteiger partial charge in [-0.25, -0.2) is 0 Å². The second-order valence-electron chi connectivity index (χ2n) is 3.92. The van der Waals surface area contributed by atoms with E-state index < -0.39 is 0 Å². The number of amides is 1. The summed E-state index contributed by atoms with van der Waals surface area (Å²) in [5, 5.41) is 13.5. The van der Waals surface area contributed by atoms with E-state index in [4.69, 9.17) is 0 Å². The van der Waals surface area contributed by atoms with Gasteiger partial charge in [-0.15, -0.1) is 10.2 Å². The van der Waals surface area contributed by atoms with Gasteiger partial charge < -0.3 is 15.2 Å². The predicted octanol–water partition coefficient (Wildman–Crippen LogP) is 0.640. The molecule has 0 atom stereocenters.